The lowest BCUT2D eigenvalue weighted by molar-refractivity contribution is 0.0906. The van der Waals surface area contributed by atoms with Gasteiger partial charge in [0.1, 0.15) is 11.5 Å². The Morgan fingerprint density at radius 2 is 2.09 bits per heavy atom. The highest BCUT2D eigenvalue weighted by Gasteiger charge is 2.17. The van der Waals surface area contributed by atoms with Gasteiger partial charge in [0.25, 0.3) is 5.91 Å². The van der Waals surface area contributed by atoms with Gasteiger partial charge in [-0.3, -0.25) is 4.79 Å². The third kappa shape index (κ3) is 3.53. The molecular weight excluding hydrogens is 283 g/mol. The van der Waals surface area contributed by atoms with Gasteiger partial charge in [-0.2, -0.15) is 0 Å². The van der Waals surface area contributed by atoms with Crippen molar-refractivity contribution in [2.24, 2.45) is 5.92 Å². The highest BCUT2D eigenvalue weighted by atomic mass is 19.1. The number of rotatable bonds is 4. The number of carbonyl (C=O) groups is 1. The van der Waals surface area contributed by atoms with Crippen LogP contribution in [-0.4, -0.2) is 17.6 Å². The fraction of sp³-hybridized carbons (Fsp3) is 0.412. The Labute approximate surface area is 128 Å². The predicted molar refractivity (Wildman–Crippen MR) is 80.8 cm³/mol. The Hall–Kier alpha value is -2.17. The molecule has 0 radical (unpaired) electrons. The molecule has 0 aliphatic heterocycles. The van der Waals surface area contributed by atoms with Gasteiger partial charge < -0.3 is 9.84 Å². The minimum absolute atomic E-state index is 0.162. The van der Waals surface area contributed by atoms with Gasteiger partial charge in [0.05, 0.1) is 0 Å². The van der Waals surface area contributed by atoms with Crippen molar-refractivity contribution in [2.75, 3.05) is 6.54 Å². The largest absolute Gasteiger partial charge is 0.350 e. The molecule has 1 amide bonds. The van der Waals surface area contributed by atoms with Crippen molar-refractivity contribution in [3.63, 3.8) is 0 Å². The molecule has 1 heterocycles. The van der Waals surface area contributed by atoms with Gasteiger partial charge in [-0.05, 0) is 30.9 Å². The van der Waals surface area contributed by atoms with E-state index in [4.69, 9.17) is 4.52 Å². The van der Waals surface area contributed by atoms with Crippen molar-refractivity contribution in [3.05, 3.63) is 41.9 Å². The molecule has 22 heavy (non-hydrogen) atoms. The van der Waals surface area contributed by atoms with Gasteiger partial charge in [0.2, 0.25) is 5.76 Å². The summed E-state index contributed by atoms with van der Waals surface area (Å²) in [5.74, 6) is 0.114. The molecule has 1 fully saturated rings. The summed E-state index contributed by atoms with van der Waals surface area (Å²) >= 11 is 0. The number of halogens is 1. The fourth-order valence-electron chi connectivity index (χ4n) is 2.88. The number of hydrogen-bond donors (Lipinski definition) is 1. The third-order valence-corrected chi connectivity index (χ3v) is 4.13. The van der Waals surface area contributed by atoms with Crippen LogP contribution in [0.3, 0.4) is 0 Å². The van der Waals surface area contributed by atoms with E-state index in [1.54, 1.807) is 18.2 Å². The molecule has 1 aliphatic carbocycles. The van der Waals surface area contributed by atoms with Crippen molar-refractivity contribution < 1.29 is 13.7 Å². The average molecular weight is 302 g/mol. The molecule has 116 valence electrons. The van der Waals surface area contributed by atoms with Crippen LogP contribution in [0, 0.1) is 11.7 Å². The van der Waals surface area contributed by atoms with E-state index in [0.717, 1.165) is 0 Å². The van der Waals surface area contributed by atoms with Crippen molar-refractivity contribution in [2.45, 2.75) is 32.1 Å². The molecule has 1 N–H and O–H groups in total. The Morgan fingerprint density at radius 1 is 1.27 bits per heavy atom. The van der Waals surface area contributed by atoms with Crippen molar-refractivity contribution >= 4 is 5.91 Å². The summed E-state index contributed by atoms with van der Waals surface area (Å²) < 4.78 is 18.3. The minimum atomic E-state index is -0.344. The van der Waals surface area contributed by atoms with Crippen molar-refractivity contribution in [1.29, 1.82) is 0 Å². The number of nitrogens with zero attached hydrogens (tertiary/aromatic N) is 1. The molecule has 0 bridgehead atoms. The zero-order valence-corrected chi connectivity index (χ0v) is 12.3. The molecule has 1 aromatic heterocycles. The molecule has 2 aromatic rings. The van der Waals surface area contributed by atoms with Crippen molar-refractivity contribution in [1.82, 2.24) is 10.5 Å². The number of amides is 1. The standard InChI is InChI=1S/C17H19FN2O2/c18-14-8-4-7-13(9-14)15-10-16(22-20-15)17(21)19-11-12-5-2-1-3-6-12/h4,7-10,12H,1-3,5-6,11H2,(H,19,21). The Bertz CT molecular complexity index is 648. The van der Waals surface area contributed by atoms with Crippen molar-refractivity contribution in [3.8, 4) is 11.3 Å². The highest BCUT2D eigenvalue weighted by molar-refractivity contribution is 5.92. The number of hydrogen-bond acceptors (Lipinski definition) is 3. The Morgan fingerprint density at radius 3 is 2.86 bits per heavy atom. The second kappa shape index (κ2) is 6.73. The second-order valence-corrected chi connectivity index (χ2v) is 5.80. The smallest absolute Gasteiger partial charge is 0.289 e. The van der Waals surface area contributed by atoms with Crippen LogP contribution in [0.4, 0.5) is 4.39 Å². The van der Waals surface area contributed by atoms with Gasteiger partial charge in [0, 0.05) is 18.2 Å². The van der Waals surface area contributed by atoms with E-state index in [-0.39, 0.29) is 17.5 Å². The van der Waals surface area contributed by atoms with E-state index in [1.807, 2.05) is 0 Å². The number of carbonyl (C=O) groups excluding carboxylic acids is 1. The third-order valence-electron chi connectivity index (χ3n) is 4.13. The topological polar surface area (TPSA) is 55.1 Å². The maximum absolute atomic E-state index is 13.2. The van der Waals surface area contributed by atoms with Crippen LogP contribution in [0.25, 0.3) is 11.3 Å². The lowest BCUT2D eigenvalue weighted by atomic mass is 9.89. The second-order valence-electron chi connectivity index (χ2n) is 5.80. The number of benzene rings is 1. The summed E-state index contributed by atoms with van der Waals surface area (Å²) in [5, 5.41) is 6.74. The van der Waals surface area contributed by atoms with Crippen LogP contribution < -0.4 is 5.32 Å². The summed E-state index contributed by atoms with van der Waals surface area (Å²) in [7, 11) is 0. The van der Waals surface area contributed by atoms with Crippen LogP contribution >= 0.6 is 0 Å². The highest BCUT2D eigenvalue weighted by Crippen LogP contribution is 2.23. The van der Waals surface area contributed by atoms with Crippen LogP contribution in [0.1, 0.15) is 42.7 Å². The SMILES string of the molecule is O=C(NCC1CCCCC1)c1cc(-c2cccc(F)c2)no1. The summed E-state index contributed by atoms with van der Waals surface area (Å²) in [6, 6.07) is 7.60. The first-order chi connectivity index (χ1) is 10.7. The molecule has 5 heteroatoms. The first kappa shape index (κ1) is 14.8. The zero-order valence-electron chi connectivity index (χ0n) is 12.3. The normalized spacial score (nSPS) is 15.7. The lowest BCUT2D eigenvalue weighted by Gasteiger charge is -2.21. The van der Waals surface area contributed by atoms with E-state index < -0.39 is 0 Å². The monoisotopic (exact) mass is 302 g/mol. The Kier molecular flexibility index (Phi) is 4.51. The quantitative estimate of drug-likeness (QED) is 0.935. The summed E-state index contributed by atoms with van der Waals surface area (Å²) in [6.45, 7) is 0.675. The van der Waals surface area contributed by atoms with E-state index >= 15 is 0 Å². The lowest BCUT2D eigenvalue weighted by Crippen LogP contribution is -2.29. The predicted octanol–water partition coefficient (Wildman–Crippen LogP) is 3.79. The summed E-state index contributed by atoms with van der Waals surface area (Å²) in [6.07, 6.45) is 6.12. The maximum atomic E-state index is 13.2. The zero-order chi connectivity index (χ0) is 15.4. The first-order valence-corrected chi connectivity index (χ1v) is 7.73. The van der Waals surface area contributed by atoms with Gasteiger partial charge >= 0.3 is 0 Å². The van der Waals surface area contributed by atoms with Crippen LogP contribution in [0.5, 0.6) is 0 Å². The van der Waals surface area contributed by atoms with Gasteiger partial charge in [-0.15, -0.1) is 0 Å². The van der Waals surface area contributed by atoms with Crippen LogP contribution in [0.2, 0.25) is 0 Å². The molecule has 4 nitrogen and oxygen atoms in total. The molecule has 0 spiro atoms. The van der Waals surface area contributed by atoms with E-state index in [0.29, 0.717) is 23.7 Å². The fourth-order valence-corrected chi connectivity index (χ4v) is 2.88. The molecular formula is C17H19FN2O2. The molecule has 0 atom stereocenters. The first-order valence-electron chi connectivity index (χ1n) is 7.73. The molecule has 0 saturated heterocycles. The number of aromatic nitrogens is 1. The van der Waals surface area contributed by atoms with Gasteiger partial charge in [-0.1, -0.05) is 36.6 Å². The molecule has 1 aromatic carbocycles. The molecule has 1 aliphatic rings. The Balaban J connectivity index is 1.61. The van der Waals surface area contributed by atoms with Crippen LogP contribution in [0.15, 0.2) is 34.9 Å². The van der Waals surface area contributed by atoms with E-state index in [1.165, 1.54) is 44.2 Å². The van der Waals surface area contributed by atoms with Gasteiger partial charge in [-0.25, -0.2) is 4.39 Å². The van der Waals surface area contributed by atoms with E-state index in [2.05, 4.69) is 10.5 Å². The van der Waals surface area contributed by atoms with E-state index in [9.17, 15) is 9.18 Å². The van der Waals surface area contributed by atoms with Crippen LogP contribution in [-0.2, 0) is 0 Å². The summed E-state index contributed by atoms with van der Waals surface area (Å²) in [4.78, 5) is 12.1. The molecule has 1 saturated carbocycles. The summed E-state index contributed by atoms with van der Waals surface area (Å²) in [5.41, 5.74) is 1.05. The van der Waals surface area contributed by atoms with Gasteiger partial charge in [0.15, 0.2) is 0 Å². The molecule has 0 unspecified atom stereocenters. The number of nitrogens with one attached hydrogen (secondary N) is 1. The average Bonchev–Trinajstić information content (AvgIpc) is 3.04. The minimum Gasteiger partial charge on any atom is -0.350 e. The maximum Gasteiger partial charge on any atom is 0.289 e. The molecule has 3 rings (SSSR count).